The van der Waals surface area contributed by atoms with E-state index in [4.69, 9.17) is 19.2 Å². The van der Waals surface area contributed by atoms with Crippen LogP contribution in [0, 0.1) is 5.82 Å². The van der Waals surface area contributed by atoms with Crippen molar-refractivity contribution < 1.29 is 18.6 Å². The molecule has 0 amide bonds. The van der Waals surface area contributed by atoms with Crippen LogP contribution >= 0.6 is 11.3 Å². The minimum absolute atomic E-state index is 0.228. The van der Waals surface area contributed by atoms with E-state index in [9.17, 15) is 4.39 Å². The van der Waals surface area contributed by atoms with Crippen LogP contribution in [-0.4, -0.2) is 62.3 Å². The van der Waals surface area contributed by atoms with Gasteiger partial charge in [-0.3, -0.25) is 9.80 Å². The zero-order valence-corrected chi connectivity index (χ0v) is 19.5. The molecule has 0 spiro atoms. The maximum atomic E-state index is 13.6. The molecule has 1 aromatic heterocycles. The molecule has 0 N–H and O–H groups in total. The van der Waals surface area contributed by atoms with Gasteiger partial charge in [0.2, 0.25) is 0 Å². The fraction of sp³-hybridized carbons (Fsp3) is 0.375. The molecule has 8 heteroatoms. The van der Waals surface area contributed by atoms with E-state index in [0.717, 1.165) is 60.3 Å². The average molecular weight is 458 g/mol. The summed E-state index contributed by atoms with van der Waals surface area (Å²) in [5, 5.41) is 3.09. The second-order valence-corrected chi connectivity index (χ2v) is 8.58. The molecule has 32 heavy (non-hydrogen) atoms. The van der Waals surface area contributed by atoms with Gasteiger partial charge in [-0.2, -0.15) is 0 Å². The van der Waals surface area contributed by atoms with Gasteiger partial charge in [-0.05, 0) is 36.4 Å². The molecule has 0 radical (unpaired) electrons. The van der Waals surface area contributed by atoms with E-state index in [1.165, 1.54) is 6.07 Å². The van der Waals surface area contributed by atoms with Crippen LogP contribution < -0.4 is 14.2 Å². The van der Waals surface area contributed by atoms with Gasteiger partial charge in [0, 0.05) is 55.8 Å². The third kappa shape index (κ3) is 5.20. The number of halogens is 1. The maximum absolute atomic E-state index is 13.6. The number of ether oxygens (including phenoxy) is 3. The molecule has 2 heterocycles. The van der Waals surface area contributed by atoms with Gasteiger partial charge in [-0.1, -0.05) is 0 Å². The first kappa shape index (κ1) is 22.5. The number of hydrogen-bond acceptors (Lipinski definition) is 7. The van der Waals surface area contributed by atoms with Crippen LogP contribution in [0.5, 0.6) is 17.2 Å². The van der Waals surface area contributed by atoms with E-state index >= 15 is 0 Å². The SMILES string of the molecule is COc1ccc(F)cc1CN1CCN(Cc2csc(-c3ccc(OC)c(OC)c3)n2)CC1. The summed E-state index contributed by atoms with van der Waals surface area (Å²) in [5.74, 6) is 1.92. The van der Waals surface area contributed by atoms with Crippen LogP contribution in [0.4, 0.5) is 4.39 Å². The number of nitrogens with zero attached hydrogens (tertiary/aromatic N) is 3. The first-order valence-corrected chi connectivity index (χ1v) is 11.4. The molecule has 0 bridgehead atoms. The second kappa shape index (κ2) is 10.3. The Bertz CT molecular complexity index is 1050. The van der Waals surface area contributed by atoms with Crippen LogP contribution in [0.3, 0.4) is 0 Å². The van der Waals surface area contributed by atoms with Gasteiger partial charge in [0.25, 0.3) is 0 Å². The minimum atomic E-state index is -0.228. The van der Waals surface area contributed by atoms with E-state index in [0.29, 0.717) is 18.0 Å². The summed E-state index contributed by atoms with van der Waals surface area (Å²) >= 11 is 1.64. The summed E-state index contributed by atoms with van der Waals surface area (Å²) in [6.45, 7) is 5.25. The highest BCUT2D eigenvalue weighted by atomic mass is 32.1. The van der Waals surface area contributed by atoms with Gasteiger partial charge < -0.3 is 14.2 Å². The van der Waals surface area contributed by atoms with E-state index in [-0.39, 0.29) is 5.82 Å². The molecule has 170 valence electrons. The zero-order chi connectivity index (χ0) is 22.5. The van der Waals surface area contributed by atoms with Crippen LogP contribution in [0.15, 0.2) is 41.8 Å². The molecule has 0 unspecified atom stereocenters. The Hall–Kier alpha value is -2.68. The van der Waals surface area contributed by atoms with Gasteiger partial charge in [-0.15, -0.1) is 11.3 Å². The quantitative estimate of drug-likeness (QED) is 0.503. The van der Waals surface area contributed by atoms with Crippen molar-refractivity contribution in [1.29, 1.82) is 0 Å². The van der Waals surface area contributed by atoms with Crippen molar-refractivity contribution in [2.24, 2.45) is 0 Å². The molecular weight excluding hydrogens is 429 g/mol. The molecule has 1 aliphatic rings. The lowest BCUT2D eigenvalue weighted by atomic mass is 10.1. The monoisotopic (exact) mass is 457 g/mol. The Kier molecular flexibility index (Phi) is 7.24. The number of hydrogen-bond donors (Lipinski definition) is 0. The van der Waals surface area contributed by atoms with Crippen molar-refractivity contribution in [3.63, 3.8) is 0 Å². The predicted octanol–water partition coefficient (Wildman–Crippen LogP) is 4.29. The summed E-state index contributed by atoms with van der Waals surface area (Å²) in [6.07, 6.45) is 0. The summed E-state index contributed by atoms with van der Waals surface area (Å²) in [6, 6.07) is 10.6. The molecule has 0 saturated carbocycles. The van der Waals surface area contributed by atoms with E-state index < -0.39 is 0 Å². The molecular formula is C24H28FN3O3S. The Labute approximate surface area is 192 Å². The highest BCUT2D eigenvalue weighted by Gasteiger charge is 2.20. The molecule has 0 atom stereocenters. The molecule has 3 aromatic rings. The van der Waals surface area contributed by atoms with E-state index in [1.54, 1.807) is 44.8 Å². The van der Waals surface area contributed by atoms with Crippen molar-refractivity contribution in [1.82, 2.24) is 14.8 Å². The molecule has 2 aromatic carbocycles. The Morgan fingerprint density at radius 2 is 1.50 bits per heavy atom. The highest BCUT2D eigenvalue weighted by molar-refractivity contribution is 7.13. The number of rotatable bonds is 8. The number of benzene rings is 2. The number of aromatic nitrogens is 1. The smallest absolute Gasteiger partial charge is 0.161 e. The lowest BCUT2D eigenvalue weighted by Crippen LogP contribution is -2.45. The minimum Gasteiger partial charge on any atom is -0.496 e. The van der Waals surface area contributed by atoms with Crippen LogP contribution in [-0.2, 0) is 13.1 Å². The summed E-state index contributed by atoms with van der Waals surface area (Å²) in [5.41, 5.74) is 2.98. The van der Waals surface area contributed by atoms with Crippen molar-refractivity contribution in [3.05, 3.63) is 58.9 Å². The Morgan fingerprint density at radius 1 is 0.844 bits per heavy atom. The molecule has 1 fully saturated rings. The summed E-state index contributed by atoms with van der Waals surface area (Å²) in [4.78, 5) is 9.58. The van der Waals surface area contributed by atoms with Crippen LogP contribution in [0.2, 0.25) is 0 Å². The average Bonchev–Trinajstić information content (AvgIpc) is 3.28. The third-order valence-corrected chi connectivity index (χ3v) is 6.61. The predicted molar refractivity (Wildman–Crippen MR) is 124 cm³/mol. The lowest BCUT2D eigenvalue weighted by Gasteiger charge is -2.34. The summed E-state index contributed by atoms with van der Waals surface area (Å²) < 4.78 is 29.8. The van der Waals surface area contributed by atoms with Crippen LogP contribution in [0.1, 0.15) is 11.3 Å². The van der Waals surface area contributed by atoms with Gasteiger partial charge in [0.05, 0.1) is 27.0 Å². The van der Waals surface area contributed by atoms with E-state index in [1.807, 2.05) is 18.2 Å². The summed E-state index contributed by atoms with van der Waals surface area (Å²) in [7, 11) is 4.89. The largest absolute Gasteiger partial charge is 0.496 e. The van der Waals surface area contributed by atoms with Crippen molar-refractivity contribution in [3.8, 4) is 27.8 Å². The second-order valence-electron chi connectivity index (χ2n) is 7.72. The Balaban J connectivity index is 1.34. The number of methoxy groups -OCH3 is 3. The fourth-order valence-corrected chi connectivity index (χ4v) is 4.74. The molecule has 6 nitrogen and oxygen atoms in total. The highest BCUT2D eigenvalue weighted by Crippen LogP contribution is 2.33. The first-order chi connectivity index (χ1) is 15.6. The molecule has 1 aliphatic heterocycles. The number of piperazine rings is 1. The van der Waals surface area contributed by atoms with Gasteiger partial charge >= 0.3 is 0 Å². The maximum Gasteiger partial charge on any atom is 0.161 e. The van der Waals surface area contributed by atoms with Gasteiger partial charge in [0.15, 0.2) is 11.5 Å². The van der Waals surface area contributed by atoms with Gasteiger partial charge in [0.1, 0.15) is 16.6 Å². The van der Waals surface area contributed by atoms with E-state index in [2.05, 4.69) is 15.2 Å². The lowest BCUT2D eigenvalue weighted by molar-refractivity contribution is 0.120. The van der Waals surface area contributed by atoms with Crippen molar-refractivity contribution in [2.45, 2.75) is 13.1 Å². The third-order valence-electron chi connectivity index (χ3n) is 5.67. The topological polar surface area (TPSA) is 47.1 Å². The van der Waals surface area contributed by atoms with Gasteiger partial charge in [-0.25, -0.2) is 9.37 Å². The fourth-order valence-electron chi connectivity index (χ4n) is 3.93. The standard InChI is InChI=1S/C24H28FN3O3S/c1-29-21-7-5-19(25)12-18(21)14-27-8-10-28(11-9-27)15-20-16-32-24(26-20)17-4-6-22(30-2)23(13-17)31-3/h4-7,12-13,16H,8-11,14-15H2,1-3H3. The molecule has 4 rings (SSSR count). The molecule has 0 aliphatic carbocycles. The Morgan fingerprint density at radius 3 is 2.19 bits per heavy atom. The van der Waals surface area contributed by atoms with Crippen LogP contribution in [0.25, 0.3) is 10.6 Å². The van der Waals surface area contributed by atoms with Crippen molar-refractivity contribution >= 4 is 11.3 Å². The van der Waals surface area contributed by atoms with Crippen molar-refractivity contribution in [2.75, 3.05) is 47.5 Å². The zero-order valence-electron chi connectivity index (χ0n) is 18.6. The molecule has 1 saturated heterocycles. The first-order valence-electron chi connectivity index (χ1n) is 10.5. The normalized spacial score (nSPS) is 15.0. The number of thiazole rings is 1.